The van der Waals surface area contributed by atoms with Crippen LogP contribution in [0.25, 0.3) is 22.3 Å². The van der Waals surface area contributed by atoms with E-state index < -0.39 is 17.8 Å². The van der Waals surface area contributed by atoms with Crippen molar-refractivity contribution < 1.29 is 28.2 Å². The molecule has 0 atom stereocenters. The van der Waals surface area contributed by atoms with Crippen LogP contribution in [0.2, 0.25) is 0 Å². The molecule has 0 bridgehead atoms. The molecule has 184 valence electrons. The van der Waals surface area contributed by atoms with Crippen LogP contribution >= 0.6 is 0 Å². The maximum atomic E-state index is 15.2. The van der Waals surface area contributed by atoms with Crippen LogP contribution < -0.4 is 14.2 Å². The number of carbonyl (C=O) groups excluding carboxylic acids is 2. The number of ether oxygens (including phenoxy) is 3. The molecule has 0 N–H and O–H groups in total. The summed E-state index contributed by atoms with van der Waals surface area (Å²) in [5.41, 5.74) is 3.53. The minimum atomic E-state index is -0.611. The van der Waals surface area contributed by atoms with Crippen molar-refractivity contribution in [2.45, 2.75) is 20.8 Å². The summed E-state index contributed by atoms with van der Waals surface area (Å²) in [5, 5.41) is 0. The van der Waals surface area contributed by atoms with Crippen LogP contribution in [0, 0.1) is 5.82 Å². The first kappa shape index (κ1) is 26.2. The van der Waals surface area contributed by atoms with Crippen LogP contribution in [0.5, 0.6) is 17.2 Å². The molecule has 0 aromatic heterocycles. The molecule has 0 saturated heterocycles. The number of carbonyl (C=O) groups is 2. The second-order valence-corrected chi connectivity index (χ2v) is 8.47. The second kappa shape index (κ2) is 11.3. The molecule has 0 amide bonds. The van der Waals surface area contributed by atoms with Crippen LogP contribution in [0.1, 0.15) is 20.8 Å². The Labute approximate surface area is 210 Å². The fraction of sp³-hybridized carbons (Fsp3) is 0.133. The molecule has 5 nitrogen and oxygen atoms in total. The Morgan fingerprint density at radius 1 is 0.722 bits per heavy atom. The van der Waals surface area contributed by atoms with Gasteiger partial charge in [0.25, 0.3) is 0 Å². The van der Waals surface area contributed by atoms with Gasteiger partial charge >= 0.3 is 11.9 Å². The Bertz CT molecular complexity index is 1350. The average Bonchev–Trinajstić information content (AvgIpc) is 2.83. The number of halogens is 1. The molecular weight excluding hydrogens is 459 g/mol. The zero-order valence-electron chi connectivity index (χ0n) is 20.5. The molecule has 3 rings (SSSR count). The van der Waals surface area contributed by atoms with E-state index in [0.717, 1.165) is 11.1 Å². The standard InChI is InChI=1S/C30H27FO5/c1-18(2)17-34-27-14-10-23(16-28(27)36-30(33)20(5)6)25-13-9-22(15-26(25)31)21-7-11-24(12-8-21)35-29(32)19(3)4/h7-16H,1,3,5,17H2,2,4,6H3. The van der Waals surface area contributed by atoms with Gasteiger partial charge in [0.15, 0.2) is 11.5 Å². The predicted molar refractivity (Wildman–Crippen MR) is 138 cm³/mol. The number of rotatable bonds is 9. The SMILES string of the molecule is C=C(C)COc1ccc(-c2ccc(-c3ccc(OC(=O)C(=C)C)cc3)cc2F)cc1OC(=O)C(=C)C. The van der Waals surface area contributed by atoms with Gasteiger partial charge in [-0.1, -0.05) is 50.1 Å². The van der Waals surface area contributed by atoms with Gasteiger partial charge in [0.2, 0.25) is 0 Å². The summed E-state index contributed by atoms with van der Waals surface area (Å²) in [6.07, 6.45) is 0. The topological polar surface area (TPSA) is 61.8 Å². The lowest BCUT2D eigenvalue weighted by molar-refractivity contribution is -0.131. The highest BCUT2D eigenvalue weighted by atomic mass is 19.1. The molecule has 0 spiro atoms. The smallest absolute Gasteiger partial charge is 0.338 e. The van der Waals surface area contributed by atoms with Crippen LogP contribution in [0.15, 0.2) is 97.1 Å². The third kappa shape index (κ3) is 6.57. The summed E-state index contributed by atoms with van der Waals surface area (Å²) in [6, 6.07) is 16.4. The van der Waals surface area contributed by atoms with Crippen molar-refractivity contribution in [1.82, 2.24) is 0 Å². The summed E-state index contributed by atoms with van der Waals surface area (Å²) in [7, 11) is 0. The van der Waals surface area contributed by atoms with Crippen molar-refractivity contribution in [3.63, 3.8) is 0 Å². The zero-order chi connectivity index (χ0) is 26.4. The van der Waals surface area contributed by atoms with E-state index in [1.807, 2.05) is 6.92 Å². The highest BCUT2D eigenvalue weighted by molar-refractivity contribution is 5.90. The molecule has 0 heterocycles. The molecule has 6 heteroatoms. The van der Waals surface area contributed by atoms with Crippen LogP contribution in [0.4, 0.5) is 4.39 Å². The lowest BCUT2D eigenvalue weighted by Gasteiger charge is -2.14. The van der Waals surface area contributed by atoms with E-state index in [1.54, 1.807) is 61.5 Å². The average molecular weight is 487 g/mol. The van der Waals surface area contributed by atoms with Crippen LogP contribution in [-0.2, 0) is 9.59 Å². The van der Waals surface area contributed by atoms with Crippen molar-refractivity contribution in [3.05, 3.63) is 103 Å². The minimum absolute atomic E-state index is 0.158. The van der Waals surface area contributed by atoms with Crippen LogP contribution in [-0.4, -0.2) is 18.5 Å². The zero-order valence-corrected chi connectivity index (χ0v) is 20.5. The number of esters is 2. The number of benzene rings is 3. The molecule has 0 aliphatic rings. The Balaban J connectivity index is 1.89. The lowest BCUT2D eigenvalue weighted by atomic mass is 9.99. The number of hydrogen-bond acceptors (Lipinski definition) is 5. The molecule has 0 radical (unpaired) electrons. The Kier molecular flexibility index (Phi) is 8.22. The summed E-state index contributed by atoms with van der Waals surface area (Å²) in [6.45, 7) is 16.1. The second-order valence-electron chi connectivity index (χ2n) is 8.47. The maximum Gasteiger partial charge on any atom is 0.338 e. The molecule has 0 aliphatic heterocycles. The number of hydrogen-bond donors (Lipinski definition) is 0. The van der Waals surface area contributed by atoms with E-state index in [4.69, 9.17) is 14.2 Å². The molecule has 0 aliphatic carbocycles. The fourth-order valence-electron chi connectivity index (χ4n) is 3.10. The Morgan fingerprint density at radius 2 is 1.31 bits per heavy atom. The largest absolute Gasteiger partial charge is 0.485 e. The molecule has 36 heavy (non-hydrogen) atoms. The molecule has 3 aromatic carbocycles. The Hall–Kier alpha value is -4.45. The molecule has 3 aromatic rings. The van der Waals surface area contributed by atoms with Gasteiger partial charge in [-0.15, -0.1) is 0 Å². The van der Waals surface area contributed by atoms with Gasteiger partial charge in [-0.3, -0.25) is 0 Å². The van der Waals surface area contributed by atoms with E-state index >= 15 is 4.39 Å². The first-order valence-corrected chi connectivity index (χ1v) is 11.1. The monoisotopic (exact) mass is 486 g/mol. The maximum absolute atomic E-state index is 15.2. The third-order valence-corrected chi connectivity index (χ3v) is 5.00. The third-order valence-electron chi connectivity index (χ3n) is 5.00. The highest BCUT2D eigenvalue weighted by Gasteiger charge is 2.15. The first-order valence-electron chi connectivity index (χ1n) is 11.1. The molecule has 0 saturated carbocycles. The van der Waals surface area contributed by atoms with E-state index in [0.29, 0.717) is 33.8 Å². The predicted octanol–water partition coefficient (Wildman–Crippen LogP) is 7.08. The van der Waals surface area contributed by atoms with E-state index in [2.05, 4.69) is 19.7 Å². The highest BCUT2D eigenvalue weighted by Crippen LogP contribution is 2.36. The van der Waals surface area contributed by atoms with Crippen molar-refractivity contribution >= 4 is 11.9 Å². The van der Waals surface area contributed by atoms with Crippen molar-refractivity contribution in [2.24, 2.45) is 0 Å². The molecule has 0 fully saturated rings. The van der Waals surface area contributed by atoms with E-state index in [1.165, 1.54) is 13.0 Å². The summed E-state index contributed by atoms with van der Waals surface area (Å²) >= 11 is 0. The van der Waals surface area contributed by atoms with Gasteiger partial charge in [0.1, 0.15) is 18.2 Å². The van der Waals surface area contributed by atoms with E-state index in [9.17, 15) is 9.59 Å². The van der Waals surface area contributed by atoms with Crippen molar-refractivity contribution in [2.75, 3.05) is 6.61 Å². The van der Waals surface area contributed by atoms with Crippen molar-refractivity contribution in [1.29, 1.82) is 0 Å². The van der Waals surface area contributed by atoms with Gasteiger partial charge in [-0.25, -0.2) is 14.0 Å². The lowest BCUT2D eigenvalue weighted by Crippen LogP contribution is -2.10. The van der Waals surface area contributed by atoms with Gasteiger partial charge in [-0.2, -0.15) is 0 Å². The summed E-state index contributed by atoms with van der Waals surface area (Å²) < 4.78 is 31.5. The molecular formula is C30H27FO5. The Morgan fingerprint density at radius 3 is 1.89 bits per heavy atom. The van der Waals surface area contributed by atoms with Gasteiger partial charge < -0.3 is 14.2 Å². The normalized spacial score (nSPS) is 10.3. The van der Waals surface area contributed by atoms with E-state index in [-0.39, 0.29) is 17.9 Å². The van der Waals surface area contributed by atoms with Crippen LogP contribution in [0.3, 0.4) is 0 Å². The van der Waals surface area contributed by atoms with Gasteiger partial charge in [0, 0.05) is 16.7 Å². The van der Waals surface area contributed by atoms with Crippen molar-refractivity contribution in [3.8, 4) is 39.5 Å². The summed E-state index contributed by atoms with van der Waals surface area (Å²) in [5.74, 6) is -0.721. The first-order chi connectivity index (χ1) is 17.0. The quantitative estimate of drug-likeness (QED) is 0.140. The minimum Gasteiger partial charge on any atom is -0.485 e. The fourth-order valence-corrected chi connectivity index (χ4v) is 3.10. The van der Waals surface area contributed by atoms with Gasteiger partial charge in [0.05, 0.1) is 0 Å². The molecule has 0 unspecified atom stereocenters. The van der Waals surface area contributed by atoms with Gasteiger partial charge in [-0.05, 0) is 73.4 Å². The summed E-state index contributed by atoms with van der Waals surface area (Å²) in [4.78, 5) is 23.8.